The number of aliphatic carboxylic acids is 1. The molecule has 1 saturated heterocycles. The molecule has 1 fully saturated rings. The molecule has 1 aliphatic heterocycles. The number of carbonyl (C=O) groups is 1. The van der Waals surface area contributed by atoms with E-state index in [9.17, 15) is 21.6 Å². The van der Waals surface area contributed by atoms with Gasteiger partial charge in [0.25, 0.3) is 0 Å². The summed E-state index contributed by atoms with van der Waals surface area (Å²) in [5.41, 5.74) is 0.491. The van der Waals surface area contributed by atoms with Gasteiger partial charge >= 0.3 is 5.97 Å². The average Bonchev–Trinajstić information content (AvgIpc) is 2.67. The van der Waals surface area contributed by atoms with Crippen LogP contribution in [0, 0.1) is 0 Å². The molecule has 0 saturated carbocycles. The van der Waals surface area contributed by atoms with E-state index in [0.717, 1.165) is 0 Å². The number of benzene rings is 1. The number of sulfonamides is 1. The van der Waals surface area contributed by atoms with Crippen LogP contribution >= 0.6 is 0 Å². The summed E-state index contributed by atoms with van der Waals surface area (Å²) in [5.74, 6) is -1.21. The van der Waals surface area contributed by atoms with Crippen molar-refractivity contribution in [3.63, 3.8) is 0 Å². The van der Waals surface area contributed by atoms with Crippen LogP contribution in [-0.4, -0.2) is 45.5 Å². The van der Waals surface area contributed by atoms with Crippen LogP contribution in [0.2, 0.25) is 0 Å². The van der Waals surface area contributed by atoms with Crippen LogP contribution in [-0.2, 0) is 31.1 Å². The second-order valence-corrected chi connectivity index (χ2v) is 8.88. The third kappa shape index (κ3) is 4.26. The Kier molecular flexibility index (Phi) is 4.35. The number of carboxylic acids is 1. The molecule has 7 nitrogen and oxygen atoms in total. The van der Waals surface area contributed by atoms with Gasteiger partial charge in [-0.2, -0.15) is 0 Å². The van der Waals surface area contributed by atoms with E-state index in [2.05, 4.69) is 4.72 Å². The summed E-state index contributed by atoms with van der Waals surface area (Å²) < 4.78 is 49.2. The number of carboxylic acid groups (broad SMARTS) is 1. The predicted molar refractivity (Wildman–Crippen MR) is 75.2 cm³/mol. The van der Waals surface area contributed by atoms with Gasteiger partial charge in [-0.15, -0.1) is 0 Å². The highest BCUT2D eigenvalue weighted by Gasteiger charge is 2.31. The van der Waals surface area contributed by atoms with E-state index in [1.807, 2.05) is 0 Å². The van der Waals surface area contributed by atoms with Crippen molar-refractivity contribution in [2.75, 3.05) is 11.5 Å². The molecule has 2 N–H and O–H groups in total. The van der Waals surface area contributed by atoms with Gasteiger partial charge in [-0.1, -0.05) is 12.1 Å². The van der Waals surface area contributed by atoms with Gasteiger partial charge < -0.3 is 5.11 Å². The second kappa shape index (κ2) is 5.74. The number of hydrogen-bond donors (Lipinski definition) is 2. The first kappa shape index (κ1) is 15.9. The maximum Gasteiger partial charge on any atom is 0.307 e. The van der Waals surface area contributed by atoms with Crippen molar-refractivity contribution in [3.05, 3.63) is 29.8 Å². The Balaban J connectivity index is 2.11. The summed E-state index contributed by atoms with van der Waals surface area (Å²) >= 11 is 0. The lowest BCUT2D eigenvalue weighted by molar-refractivity contribution is -0.136. The van der Waals surface area contributed by atoms with E-state index in [4.69, 9.17) is 5.11 Å². The normalized spacial score (nSPS) is 21.2. The molecule has 1 aromatic carbocycles. The van der Waals surface area contributed by atoms with Crippen molar-refractivity contribution in [3.8, 4) is 0 Å². The van der Waals surface area contributed by atoms with E-state index in [1.54, 1.807) is 0 Å². The van der Waals surface area contributed by atoms with Crippen molar-refractivity contribution in [1.29, 1.82) is 0 Å². The van der Waals surface area contributed by atoms with Crippen LogP contribution in [0.4, 0.5) is 0 Å². The quantitative estimate of drug-likeness (QED) is 0.769. The van der Waals surface area contributed by atoms with Gasteiger partial charge in [0, 0.05) is 6.04 Å². The molecule has 2 rings (SSSR count). The predicted octanol–water partition coefficient (Wildman–Crippen LogP) is -0.221. The first-order valence-electron chi connectivity index (χ1n) is 6.21. The van der Waals surface area contributed by atoms with Crippen molar-refractivity contribution in [1.82, 2.24) is 4.72 Å². The maximum absolute atomic E-state index is 12.1. The Bertz CT molecular complexity index is 736. The summed E-state index contributed by atoms with van der Waals surface area (Å²) in [6.07, 6.45) is 0.0767. The van der Waals surface area contributed by atoms with Crippen LogP contribution in [0.15, 0.2) is 29.2 Å². The lowest BCUT2D eigenvalue weighted by atomic mass is 10.2. The fourth-order valence-electron chi connectivity index (χ4n) is 2.14. The van der Waals surface area contributed by atoms with E-state index >= 15 is 0 Å². The fourth-order valence-corrected chi connectivity index (χ4v) is 5.19. The third-order valence-electron chi connectivity index (χ3n) is 3.14. The molecule has 0 spiro atoms. The van der Waals surface area contributed by atoms with Crippen LogP contribution in [0.1, 0.15) is 12.0 Å². The molecular weight excluding hydrogens is 318 g/mol. The van der Waals surface area contributed by atoms with Crippen LogP contribution < -0.4 is 4.72 Å². The molecule has 0 aromatic heterocycles. The van der Waals surface area contributed by atoms with Gasteiger partial charge in [0.2, 0.25) is 10.0 Å². The lowest BCUT2D eigenvalue weighted by Gasteiger charge is -2.11. The standard InChI is InChI=1S/C12H15NO6S2/c14-12(15)7-9-1-3-11(4-2-9)21(18,19)13-10-5-6-20(16,17)8-10/h1-4,10,13H,5-8H2,(H,14,15). The Morgan fingerprint density at radius 3 is 2.38 bits per heavy atom. The van der Waals surface area contributed by atoms with Crippen LogP contribution in [0.5, 0.6) is 0 Å². The molecule has 0 bridgehead atoms. The van der Waals surface area contributed by atoms with Crippen LogP contribution in [0.3, 0.4) is 0 Å². The molecule has 0 aliphatic carbocycles. The minimum absolute atomic E-state index is 0.0130. The van der Waals surface area contributed by atoms with Gasteiger partial charge in [0.15, 0.2) is 9.84 Å². The second-order valence-electron chi connectivity index (χ2n) is 4.94. The van der Waals surface area contributed by atoms with Gasteiger partial charge in [0.05, 0.1) is 22.8 Å². The van der Waals surface area contributed by atoms with E-state index < -0.39 is 31.9 Å². The molecule has 1 aliphatic rings. The van der Waals surface area contributed by atoms with Gasteiger partial charge in [-0.05, 0) is 24.1 Å². The summed E-state index contributed by atoms with van der Waals surface area (Å²) in [6.45, 7) is 0. The van der Waals surface area contributed by atoms with Crippen molar-refractivity contribution < 1.29 is 26.7 Å². The minimum Gasteiger partial charge on any atom is -0.481 e. The summed E-state index contributed by atoms with van der Waals surface area (Å²) in [5, 5.41) is 8.65. The Morgan fingerprint density at radius 1 is 1.29 bits per heavy atom. The van der Waals surface area contributed by atoms with E-state index in [0.29, 0.717) is 5.56 Å². The highest BCUT2D eigenvalue weighted by Crippen LogP contribution is 2.16. The molecule has 1 unspecified atom stereocenters. The van der Waals surface area contributed by atoms with Gasteiger partial charge in [-0.25, -0.2) is 21.6 Å². The summed E-state index contributed by atoms with van der Waals surface area (Å²) in [4.78, 5) is 10.5. The Labute approximate surface area is 123 Å². The van der Waals surface area contributed by atoms with E-state index in [1.165, 1.54) is 24.3 Å². The first-order valence-corrected chi connectivity index (χ1v) is 9.52. The monoisotopic (exact) mass is 333 g/mol. The SMILES string of the molecule is O=C(O)Cc1ccc(S(=O)(=O)NC2CCS(=O)(=O)C2)cc1. The summed E-state index contributed by atoms with van der Waals surface area (Å²) in [7, 11) is -6.96. The minimum atomic E-state index is -3.80. The average molecular weight is 333 g/mol. The maximum atomic E-state index is 12.1. The largest absolute Gasteiger partial charge is 0.481 e. The van der Waals surface area contributed by atoms with Gasteiger partial charge in [-0.3, -0.25) is 4.79 Å². The highest BCUT2D eigenvalue weighted by atomic mass is 32.2. The molecule has 0 radical (unpaired) electrons. The highest BCUT2D eigenvalue weighted by molar-refractivity contribution is 7.92. The molecule has 21 heavy (non-hydrogen) atoms. The molecule has 116 valence electrons. The zero-order valence-corrected chi connectivity index (χ0v) is 12.7. The van der Waals surface area contributed by atoms with E-state index in [-0.39, 0.29) is 29.2 Å². The van der Waals surface area contributed by atoms with Crippen molar-refractivity contribution in [2.45, 2.75) is 23.8 Å². The number of sulfone groups is 1. The first-order chi connectivity index (χ1) is 9.68. The molecule has 1 heterocycles. The molecule has 0 amide bonds. The topological polar surface area (TPSA) is 118 Å². The van der Waals surface area contributed by atoms with Gasteiger partial charge in [0.1, 0.15) is 0 Å². The zero-order valence-electron chi connectivity index (χ0n) is 11.0. The molecule has 1 atom stereocenters. The van der Waals surface area contributed by atoms with Crippen molar-refractivity contribution >= 4 is 25.8 Å². The van der Waals surface area contributed by atoms with Crippen molar-refractivity contribution in [2.24, 2.45) is 0 Å². The zero-order chi connectivity index (χ0) is 15.7. The van der Waals surface area contributed by atoms with Crippen LogP contribution in [0.25, 0.3) is 0 Å². The Hall–Kier alpha value is -1.45. The molecule has 1 aromatic rings. The number of rotatable bonds is 5. The number of hydrogen-bond acceptors (Lipinski definition) is 5. The fraction of sp³-hybridized carbons (Fsp3) is 0.417. The summed E-state index contributed by atoms with van der Waals surface area (Å²) in [6, 6.07) is 4.86. The Morgan fingerprint density at radius 2 is 1.90 bits per heavy atom. The smallest absolute Gasteiger partial charge is 0.307 e. The molecular formula is C12H15NO6S2. The lowest BCUT2D eigenvalue weighted by Crippen LogP contribution is -2.35. The number of nitrogens with one attached hydrogen (secondary N) is 1. The third-order valence-corrected chi connectivity index (χ3v) is 6.45. The molecule has 9 heteroatoms.